The Labute approximate surface area is 131 Å². The second-order valence-corrected chi connectivity index (χ2v) is 7.39. The third kappa shape index (κ3) is 4.71. The van der Waals surface area contributed by atoms with Crippen LogP contribution >= 0.6 is 0 Å². The molecule has 0 spiro atoms. The van der Waals surface area contributed by atoms with E-state index in [9.17, 15) is 13.2 Å². The van der Waals surface area contributed by atoms with Gasteiger partial charge in [0.25, 0.3) is 0 Å². The van der Waals surface area contributed by atoms with Crippen molar-refractivity contribution in [2.24, 2.45) is 0 Å². The number of ether oxygens (including phenoxy) is 1. The lowest BCUT2D eigenvalue weighted by atomic mass is 10.1. The molecule has 6 nitrogen and oxygen atoms in total. The fraction of sp³-hybridized carbons (Fsp3) is 0.533. The van der Waals surface area contributed by atoms with Crippen molar-refractivity contribution in [1.29, 1.82) is 0 Å². The van der Waals surface area contributed by atoms with Gasteiger partial charge in [0.1, 0.15) is 5.75 Å². The van der Waals surface area contributed by atoms with Gasteiger partial charge in [0.2, 0.25) is 15.9 Å². The van der Waals surface area contributed by atoms with Crippen LogP contribution in [0.3, 0.4) is 0 Å². The summed E-state index contributed by atoms with van der Waals surface area (Å²) in [6.07, 6.45) is 3.45. The quantitative estimate of drug-likeness (QED) is 0.766. The van der Waals surface area contributed by atoms with Crippen molar-refractivity contribution in [3.63, 3.8) is 0 Å². The molecule has 22 heavy (non-hydrogen) atoms. The van der Waals surface area contributed by atoms with E-state index in [4.69, 9.17) is 4.74 Å². The van der Waals surface area contributed by atoms with Crippen LogP contribution in [0.1, 0.15) is 18.4 Å². The van der Waals surface area contributed by atoms with Gasteiger partial charge in [-0.15, -0.1) is 0 Å². The van der Waals surface area contributed by atoms with Gasteiger partial charge in [0.15, 0.2) is 0 Å². The highest BCUT2D eigenvalue weighted by Gasteiger charge is 2.36. The second-order valence-electron chi connectivity index (χ2n) is 5.45. The molecule has 0 bridgehead atoms. The maximum atomic E-state index is 11.9. The number of para-hydroxylation sites is 1. The van der Waals surface area contributed by atoms with Gasteiger partial charge in [0, 0.05) is 12.6 Å². The van der Waals surface area contributed by atoms with Crippen LogP contribution in [0.4, 0.5) is 0 Å². The van der Waals surface area contributed by atoms with Crippen LogP contribution in [-0.2, 0) is 21.2 Å². The van der Waals surface area contributed by atoms with Crippen molar-refractivity contribution in [3.05, 3.63) is 29.8 Å². The molecule has 1 fully saturated rings. The Hall–Kier alpha value is -1.60. The summed E-state index contributed by atoms with van der Waals surface area (Å²) in [5, 5.41) is 2.77. The predicted octanol–water partition coefficient (Wildman–Crippen LogP) is 0.778. The first kappa shape index (κ1) is 16.8. The van der Waals surface area contributed by atoms with Crippen LogP contribution in [0.2, 0.25) is 0 Å². The summed E-state index contributed by atoms with van der Waals surface area (Å²) in [4.78, 5) is 11.9. The number of amides is 1. The topological polar surface area (TPSA) is 75.7 Å². The summed E-state index contributed by atoms with van der Waals surface area (Å²) < 4.78 is 29.8. The van der Waals surface area contributed by atoms with E-state index in [1.807, 2.05) is 24.3 Å². The van der Waals surface area contributed by atoms with E-state index in [2.05, 4.69) is 5.32 Å². The molecule has 0 radical (unpaired) electrons. The van der Waals surface area contributed by atoms with Gasteiger partial charge in [0.05, 0.1) is 19.9 Å². The zero-order valence-electron chi connectivity index (χ0n) is 12.9. The highest BCUT2D eigenvalue weighted by molar-refractivity contribution is 7.88. The maximum Gasteiger partial charge on any atom is 0.235 e. The first-order valence-corrected chi connectivity index (χ1v) is 9.12. The zero-order chi connectivity index (χ0) is 16.2. The van der Waals surface area contributed by atoms with Gasteiger partial charge in [-0.2, -0.15) is 4.31 Å². The number of carbonyl (C=O) groups is 1. The largest absolute Gasteiger partial charge is 0.496 e. The highest BCUT2D eigenvalue weighted by atomic mass is 32.2. The Bertz CT molecular complexity index is 626. The Balaban J connectivity index is 1.82. The molecule has 0 heterocycles. The SMILES string of the molecule is COc1ccccc1CCNC(=O)CN(C1CC1)S(C)(=O)=O. The number of methoxy groups -OCH3 is 1. The van der Waals surface area contributed by atoms with Gasteiger partial charge >= 0.3 is 0 Å². The van der Waals surface area contributed by atoms with Crippen molar-refractivity contribution in [1.82, 2.24) is 9.62 Å². The van der Waals surface area contributed by atoms with E-state index in [0.29, 0.717) is 13.0 Å². The van der Waals surface area contributed by atoms with Crippen molar-refractivity contribution in [2.45, 2.75) is 25.3 Å². The molecule has 1 aliphatic carbocycles. The van der Waals surface area contributed by atoms with E-state index in [1.165, 1.54) is 4.31 Å². The average Bonchev–Trinajstić information content (AvgIpc) is 3.28. The molecular weight excluding hydrogens is 304 g/mol. The zero-order valence-corrected chi connectivity index (χ0v) is 13.7. The van der Waals surface area contributed by atoms with Gasteiger partial charge in [-0.3, -0.25) is 4.79 Å². The molecule has 0 aromatic heterocycles. The maximum absolute atomic E-state index is 11.9. The van der Waals surface area contributed by atoms with Crippen molar-refractivity contribution < 1.29 is 17.9 Å². The number of nitrogens with zero attached hydrogens (tertiary/aromatic N) is 1. The number of hydrogen-bond acceptors (Lipinski definition) is 4. The summed E-state index contributed by atoms with van der Waals surface area (Å²) in [7, 11) is -1.72. The Morgan fingerprint density at radius 1 is 1.36 bits per heavy atom. The summed E-state index contributed by atoms with van der Waals surface area (Å²) in [6.45, 7) is 0.344. The fourth-order valence-electron chi connectivity index (χ4n) is 2.32. The van der Waals surface area contributed by atoms with Crippen LogP contribution < -0.4 is 10.1 Å². The van der Waals surface area contributed by atoms with E-state index in [1.54, 1.807) is 7.11 Å². The Morgan fingerprint density at radius 3 is 2.64 bits per heavy atom. The standard InChI is InChI=1S/C15H22N2O4S/c1-21-14-6-4-3-5-12(14)9-10-16-15(18)11-17(13-7-8-13)22(2,19)20/h3-6,13H,7-11H2,1-2H3,(H,16,18). The van der Waals surface area contributed by atoms with E-state index in [-0.39, 0.29) is 18.5 Å². The second kappa shape index (κ2) is 7.11. The van der Waals surface area contributed by atoms with Crippen LogP contribution in [-0.4, -0.2) is 51.1 Å². The molecule has 1 aromatic rings. The molecule has 0 unspecified atom stereocenters. The molecule has 0 saturated heterocycles. The average molecular weight is 326 g/mol. The molecule has 1 amide bonds. The number of rotatable bonds is 8. The van der Waals surface area contributed by atoms with Gasteiger partial charge < -0.3 is 10.1 Å². The molecule has 1 aliphatic rings. The molecule has 0 atom stereocenters. The minimum absolute atomic E-state index is 0.00466. The molecule has 122 valence electrons. The summed E-state index contributed by atoms with van der Waals surface area (Å²) in [5.41, 5.74) is 1.01. The van der Waals surface area contributed by atoms with E-state index < -0.39 is 10.0 Å². The monoisotopic (exact) mass is 326 g/mol. The third-order valence-corrected chi connectivity index (χ3v) is 4.87. The number of nitrogens with one attached hydrogen (secondary N) is 1. The fourth-order valence-corrected chi connectivity index (χ4v) is 3.43. The molecule has 1 aromatic carbocycles. The first-order chi connectivity index (χ1) is 10.4. The van der Waals surface area contributed by atoms with Crippen LogP contribution in [0.15, 0.2) is 24.3 Å². The minimum atomic E-state index is -3.33. The summed E-state index contributed by atoms with van der Waals surface area (Å²) in [6, 6.07) is 7.61. The third-order valence-electron chi connectivity index (χ3n) is 3.59. The molecule has 1 N–H and O–H groups in total. The highest BCUT2D eigenvalue weighted by Crippen LogP contribution is 2.28. The smallest absolute Gasteiger partial charge is 0.235 e. The number of hydrogen-bond donors (Lipinski definition) is 1. The molecule has 1 saturated carbocycles. The molecule has 2 rings (SSSR count). The lowest BCUT2D eigenvalue weighted by Gasteiger charge is -2.18. The normalized spacial score (nSPS) is 14.9. The molecular formula is C15H22N2O4S. The summed E-state index contributed by atoms with van der Waals surface area (Å²) in [5.74, 6) is 0.514. The number of benzene rings is 1. The number of sulfonamides is 1. The predicted molar refractivity (Wildman–Crippen MR) is 84.3 cm³/mol. The van der Waals surface area contributed by atoms with Crippen LogP contribution in [0, 0.1) is 0 Å². The van der Waals surface area contributed by atoms with Crippen LogP contribution in [0.5, 0.6) is 5.75 Å². The minimum Gasteiger partial charge on any atom is -0.496 e. The number of carbonyl (C=O) groups excluding carboxylic acids is 1. The molecule has 7 heteroatoms. The first-order valence-electron chi connectivity index (χ1n) is 7.27. The van der Waals surface area contributed by atoms with E-state index >= 15 is 0 Å². The van der Waals surface area contributed by atoms with Gasteiger partial charge in [-0.1, -0.05) is 18.2 Å². The van der Waals surface area contributed by atoms with Crippen molar-refractivity contribution >= 4 is 15.9 Å². The lowest BCUT2D eigenvalue weighted by molar-refractivity contribution is -0.121. The van der Waals surface area contributed by atoms with E-state index in [0.717, 1.165) is 30.4 Å². The van der Waals surface area contributed by atoms with Crippen LogP contribution in [0.25, 0.3) is 0 Å². The van der Waals surface area contributed by atoms with Gasteiger partial charge in [-0.25, -0.2) is 8.42 Å². The van der Waals surface area contributed by atoms with Crippen molar-refractivity contribution in [2.75, 3.05) is 26.5 Å². The lowest BCUT2D eigenvalue weighted by Crippen LogP contribution is -2.41. The summed E-state index contributed by atoms with van der Waals surface area (Å²) >= 11 is 0. The van der Waals surface area contributed by atoms with Gasteiger partial charge in [-0.05, 0) is 30.9 Å². The molecule has 0 aliphatic heterocycles. The van der Waals surface area contributed by atoms with Crippen molar-refractivity contribution in [3.8, 4) is 5.75 Å². The Morgan fingerprint density at radius 2 is 2.05 bits per heavy atom. The Kier molecular flexibility index (Phi) is 5.42.